The number of hydrogen-bond acceptors (Lipinski definition) is 5. The summed E-state index contributed by atoms with van der Waals surface area (Å²) in [6.45, 7) is 0.501. The Bertz CT molecular complexity index is 926. The average Bonchev–Trinajstić information content (AvgIpc) is 3.08. The van der Waals surface area contributed by atoms with Crippen LogP contribution in [0.4, 0.5) is 4.39 Å². The van der Waals surface area contributed by atoms with Crippen LogP contribution >= 0.6 is 11.8 Å². The third-order valence-corrected chi connectivity index (χ3v) is 5.18. The molecule has 1 aromatic heterocycles. The van der Waals surface area contributed by atoms with Crippen LogP contribution in [0.15, 0.2) is 53.7 Å². The number of halogens is 1. The number of carbonyl (C=O) groups excluding carboxylic acids is 1. The van der Waals surface area contributed by atoms with Crippen molar-refractivity contribution in [2.24, 2.45) is 7.05 Å². The number of hydrogen-bond donors (Lipinski definition) is 1. The summed E-state index contributed by atoms with van der Waals surface area (Å²) >= 11 is 1.33. The zero-order chi connectivity index (χ0) is 19.9. The van der Waals surface area contributed by atoms with E-state index in [9.17, 15) is 9.18 Å². The number of aromatic nitrogens is 3. The summed E-state index contributed by atoms with van der Waals surface area (Å²) in [5.74, 6) is 1.40. The maximum atomic E-state index is 12.9. The van der Waals surface area contributed by atoms with Gasteiger partial charge in [0.1, 0.15) is 11.6 Å². The summed E-state index contributed by atoms with van der Waals surface area (Å²) in [6.07, 6.45) is 0.655. The smallest absolute Gasteiger partial charge is 0.230 e. The highest BCUT2D eigenvalue weighted by Crippen LogP contribution is 2.24. The lowest BCUT2D eigenvalue weighted by Crippen LogP contribution is -2.27. The highest BCUT2D eigenvalue weighted by atomic mass is 32.2. The van der Waals surface area contributed by atoms with Crippen LogP contribution in [0.25, 0.3) is 11.4 Å². The molecule has 0 saturated carbocycles. The van der Waals surface area contributed by atoms with Crippen LogP contribution in [0, 0.1) is 5.82 Å². The van der Waals surface area contributed by atoms with Crippen molar-refractivity contribution >= 4 is 17.7 Å². The van der Waals surface area contributed by atoms with Crippen LogP contribution in [0.5, 0.6) is 5.75 Å². The maximum absolute atomic E-state index is 12.9. The summed E-state index contributed by atoms with van der Waals surface area (Å²) in [5, 5.41) is 11.9. The Balaban J connectivity index is 1.49. The van der Waals surface area contributed by atoms with Gasteiger partial charge in [-0.3, -0.25) is 4.79 Å². The van der Waals surface area contributed by atoms with E-state index in [1.807, 2.05) is 35.9 Å². The minimum Gasteiger partial charge on any atom is -0.497 e. The molecule has 1 heterocycles. The fourth-order valence-corrected chi connectivity index (χ4v) is 3.35. The molecule has 0 radical (unpaired) electrons. The van der Waals surface area contributed by atoms with Crippen LogP contribution in [-0.2, 0) is 18.3 Å². The molecule has 0 unspecified atom stereocenters. The Hall–Kier alpha value is -2.87. The molecule has 28 heavy (non-hydrogen) atoms. The molecular formula is C20H21FN4O2S. The summed E-state index contributed by atoms with van der Waals surface area (Å²) in [6, 6.07) is 13.8. The van der Waals surface area contributed by atoms with Crippen molar-refractivity contribution in [3.8, 4) is 17.1 Å². The van der Waals surface area contributed by atoms with E-state index in [0.717, 1.165) is 22.7 Å². The predicted octanol–water partition coefficient (Wildman–Crippen LogP) is 3.08. The number of nitrogens with zero attached hydrogens (tertiary/aromatic N) is 3. The molecule has 0 fully saturated rings. The topological polar surface area (TPSA) is 69.0 Å². The van der Waals surface area contributed by atoms with E-state index in [2.05, 4.69) is 15.5 Å². The fourth-order valence-electron chi connectivity index (χ4n) is 2.61. The van der Waals surface area contributed by atoms with E-state index >= 15 is 0 Å². The molecule has 0 spiro atoms. The minimum atomic E-state index is -0.262. The number of nitrogens with one attached hydrogen (secondary N) is 1. The van der Waals surface area contributed by atoms with Gasteiger partial charge in [0.2, 0.25) is 5.91 Å². The highest BCUT2D eigenvalue weighted by Gasteiger charge is 2.13. The number of amides is 1. The Labute approximate surface area is 167 Å². The minimum absolute atomic E-state index is 0.0823. The van der Waals surface area contributed by atoms with Crippen LogP contribution in [-0.4, -0.2) is 40.1 Å². The first-order valence-corrected chi connectivity index (χ1v) is 9.73. The second-order valence-corrected chi connectivity index (χ2v) is 7.05. The third kappa shape index (κ3) is 5.10. The maximum Gasteiger partial charge on any atom is 0.230 e. The zero-order valence-electron chi connectivity index (χ0n) is 15.7. The molecule has 0 bridgehead atoms. The molecule has 1 amide bonds. The molecule has 3 rings (SSSR count). The van der Waals surface area contributed by atoms with E-state index in [4.69, 9.17) is 4.74 Å². The lowest BCUT2D eigenvalue weighted by atomic mass is 10.1. The van der Waals surface area contributed by atoms with Gasteiger partial charge in [-0.1, -0.05) is 23.9 Å². The summed E-state index contributed by atoms with van der Waals surface area (Å²) in [4.78, 5) is 12.1. The number of benzene rings is 2. The van der Waals surface area contributed by atoms with E-state index in [1.165, 1.54) is 23.9 Å². The van der Waals surface area contributed by atoms with Crippen LogP contribution < -0.4 is 10.1 Å². The first kappa shape index (κ1) is 19.9. The number of thioether (sulfide) groups is 1. The van der Waals surface area contributed by atoms with Gasteiger partial charge < -0.3 is 14.6 Å². The van der Waals surface area contributed by atoms with Crippen molar-refractivity contribution in [3.05, 3.63) is 59.9 Å². The fraction of sp³-hybridized carbons (Fsp3) is 0.250. The van der Waals surface area contributed by atoms with Gasteiger partial charge in [-0.2, -0.15) is 0 Å². The third-order valence-electron chi connectivity index (χ3n) is 4.16. The normalized spacial score (nSPS) is 10.7. The van der Waals surface area contributed by atoms with Gasteiger partial charge in [0, 0.05) is 19.2 Å². The second-order valence-electron chi connectivity index (χ2n) is 6.11. The van der Waals surface area contributed by atoms with Crippen LogP contribution in [0.3, 0.4) is 0 Å². The van der Waals surface area contributed by atoms with Gasteiger partial charge >= 0.3 is 0 Å². The lowest BCUT2D eigenvalue weighted by molar-refractivity contribution is -0.118. The Morgan fingerprint density at radius 3 is 2.54 bits per heavy atom. The van der Waals surface area contributed by atoms with E-state index < -0.39 is 0 Å². The van der Waals surface area contributed by atoms with Gasteiger partial charge in [0.15, 0.2) is 11.0 Å². The summed E-state index contributed by atoms with van der Waals surface area (Å²) in [7, 11) is 3.49. The molecule has 0 aliphatic rings. The Kier molecular flexibility index (Phi) is 6.65. The largest absolute Gasteiger partial charge is 0.497 e. The van der Waals surface area contributed by atoms with Gasteiger partial charge in [-0.05, 0) is 48.4 Å². The van der Waals surface area contributed by atoms with Crippen molar-refractivity contribution in [2.45, 2.75) is 11.6 Å². The summed E-state index contributed by atoms with van der Waals surface area (Å²) < 4.78 is 19.9. The van der Waals surface area contributed by atoms with E-state index in [0.29, 0.717) is 18.1 Å². The van der Waals surface area contributed by atoms with E-state index in [1.54, 1.807) is 19.2 Å². The number of ether oxygens (including phenoxy) is 1. The zero-order valence-corrected chi connectivity index (χ0v) is 16.5. The standard InChI is InChI=1S/C20H21FN4O2S/c1-25-19(15-5-9-17(27-2)10-6-15)23-24-20(25)28-13-18(26)22-12-11-14-3-7-16(21)8-4-14/h3-10H,11-13H2,1-2H3,(H,22,26). The van der Waals surface area contributed by atoms with E-state index in [-0.39, 0.29) is 17.5 Å². The molecule has 2 aromatic carbocycles. The number of rotatable bonds is 8. The van der Waals surface area contributed by atoms with Crippen molar-refractivity contribution in [1.82, 2.24) is 20.1 Å². The molecule has 0 aliphatic heterocycles. The van der Waals surface area contributed by atoms with Gasteiger partial charge in [0.25, 0.3) is 0 Å². The summed E-state index contributed by atoms with van der Waals surface area (Å²) in [5.41, 5.74) is 1.90. The van der Waals surface area contributed by atoms with Crippen LogP contribution in [0.2, 0.25) is 0 Å². The molecule has 3 aromatic rings. The first-order valence-electron chi connectivity index (χ1n) is 8.74. The Morgan fingerprint density at radius 1 is 1.14 bits per heavy atom. The van der Waals surface area contributed by atoms with Gasteiger partial charge in [0.05, 0.1) is 12.9 Å². The quantitative estimate of drug-likeness (QED) is 0.589. The molecule has 8 heteroatoms. The number of carbonyl (C=O) groups is 1. The van der Waals surface area contributed by atoms with Gasteiger partial charge in [-0.25, -0.2) is 4.39 Å². The number of methoxy groups -OCH3 is 1. The predicted molar refractivity (Wildman–Crippen MR) is 107 cm³/mol. The second kappa shape index (κ2) is 9.36. The highest BCUT2D eigenvalue weighted by molar-refractivity contribution is 7.99. The van der Waals surface area contributed by atoms with Crippen LogP contribution in [0.1, 0.15) is 5.56 Å². The monoisotopic (exact) mass is 400 g/mol. The lowest BCUT2D eigenvalue weighted by Gasteiger charge is -2.06. The Morgan fingerprint density at radius 2 is 1.86 bits per heavy atom. The molecular weight excluding hydrogens is 379 g/mol. The molecule has 6 nitrogen and oxygen atoms in total. The molecule has 0 saturated heterocycles. The van der Waals surface area contributed by atoms with Crippen molar-refractivity contribution in [1.29, 1.82) is 0 Å². The first-order chi connectivity index (χ1) is 13.6. The SMILES string of the molecule is COc1ccc(-c2nnc(SCC(=O)NCCc3ccc(F)cc3)n2C)cc1. The molecule has 146 valence electrons. The molecule has 0 aliphatic carbocycles. The van der Waals surface area contributed by atoms with Crippen molar-refractivity contribution in [2.75, 3.05) is 19.4 Å². The van der Waals surface area contributed by atoms with Gasteiger partial charge in [-0.15, -0.1) is 10.2 Å². The average molecular weight is 400 g/mol. The van der Waals surface area contributed by atoms with Crippen molar-refractivity contribution in [3.63, 3.8) is 0 Å². The molecule has 0 atom stereocenters. The molecule has 1 N–H and O–H groups in total. The van der Waals surface area contributed by atoms with Crippen molar-refractivity contribution < 1.29 is 13.9 Å².